The van der Waals surface area contributed by atoms with Gasteiger partial charge in [0.05, 0.1) is 0 Å². The van der Waals surface area contributed by atoms with Crippen molar-refractivity contribution in [2.45, 2.75) is 6.18 Å². The van der Waals surface area contributed by atoms with Crippen LogP contribution in [0, 0.1) is 0 Å². The molecule has 1 aromatic carbocycles. The lowest BCUT2D eigenvalue weighted by molar-refractivity contribution is -0.174. The van der Waals surface area contributed by atoms with E-state index in [0.29, 0.717) is 11.3 Å². The number of halogens is 3. The number of carboxylic acid groups (broad SMARTS) is 1. The van der Waals surface area contributed by atoms with Gasteiger partial charge in [0.2, 0.25) is 5.91 Å². The van der Waals surface area contributed by atoms with Crippen LogP contribution < -0.4 is 5.32 Å². The molecule has 0 unspecified atom stereocenters. The molecule has 1 rings (SSSR count). The smallest absolute Gasteiger partial charge is 0.411 e. The lowest BCUT2D eigenvalue weighted by Crippen LogP contribution is -2.23. The standard InChI is InChI=1S/C13H12F3NO4/c14-13(15,16)8-21-7-11(18)17-10-3-1-2-9(6-10)4-5-12(19)20/h1-6H,7-8H2,(H,17,18)(H,19,20)/b5-4+. The van der Waals surface area contributed by atoms with Gasteiger partial charge in [-0.25, -0.2) is 4.79 Å². The third-order valence-corrected chi connectivity index (χ3v) is 2.09. The lowest BCUT2D eigenvalue weighted by Gasteiger charge is -2.08. The second kappa shape index (κ2) is 7.44. The zero-order valence-electron chi connectivity index (χ0n) is 10.7. The van der Waals surface area contributed by atoms with Crippen molar-refractivity contribution in [3.8, 4) is 0 Å². The Morgan fingerprint density at radius 2 is 2.05 bits per heavy atom. The van der Waals surface area contributed by atoms with Gasteiger partial charge in [0, 0.05) is 11.8 Å². The topological polar surface area (TPSA) is 75.6 Å². The Balaban J connectivity index is 2.53. The number of ether oxygens (including phenoxy) is 1. The Bertz CT molecular complexity index is 540. The summed E-state index contributed by atoms with van der Waals surface area (Å²) in [6, 6.07) is 6.16. The molecule has 0 aromatic heterocycles. The molecule has 1 aromatic rings. The normalized spacial score (nSPS) is 11.6. The summed E-state index contributed by atoms with van der Waals surface area (Å²) < 4.78 is 39.7. The highest BCUT2D eigenvalue weighted by atomic mass is 19.4. The highest BCUT2D eigenvalue weighted by Gasteiger charge is 2.27. The fraction of sp³-hybridized carbons (Fsp3) is 0.231. The number of carboxylic acids is 1. The summed E-state index contributed by atoms with van der Waals surface area (Å²) in [5.41, 5.74) is 0.842. The zero-order valence-corrected chi connectivity index (χ0v) is 10.7. The van der Waals surface area contributed by atoms with E-state index in [2.05, 4.69) is 10.1 Å². The van der Waals surface area contributed by atoms with E-state index in [9.17, 15) is 22.8 Å². The van der Waals surface area contributed by atoms with Gasteiger partial charge in [-0.1, -0.05) is 12.1 Å². The Morgan fingerprint density at radius 1 is 1.33 bits per heavy atom. The van der Waals surface area contributed by atoms with E-state index in [1.165, 1.54) is 18.2 Å². The first kappa shape index (κ1) is 16.7. The molecule has 0 saturated heterocycles. The molecule has 0 spiro atoms. The van der Waals surface area contributed by atoms with E-state index in [4.69, 9.17) is 5.11 Å². The van der Waals surface area contributed by atoms with E-state index < -0.39 is 31.3 Å². The highest BCUT2D eigenvalue weighted by Crippen LogP contribution is 2.15. The van der Waals surface area contributed by atoms with Gasteiger partial charge in [0.25, 0.3) is 0 Å². The summed E-state index contributed by atoms with van der Waals surface area (Å²) in [6.45, 7) is -2.23. The minimum absolute atomic E-state index is 0.322. The van der Waals surface area contributed by atoms with Crippen LogP contribution in [0.5, 0.6) is 0 Å². The average molecular weight is 303 g/mol. The maximum Gasteiger partial charge on any atom is 0.411 e. The number of amides is 1. The van der Waals surface area contributed by atoms with Crippen molar-refractivity contribution in [3.63, 3.8) is 0 Å². The molecule has 2 N–H and O–H groups in total. The van der Waals surface area contributed by atoms with Crippen LogP contribution in [0.1, 0.15) is 5.56 Å². The molecule has 0 atom stereocenters. The van der Waals surface area contributed by atoms with Crippen molar-refractivity contribution >= 4 is 23.6 Å². The maximum absolute atomic E-state index is 11.8. The van der Waals surface area contributed by atoms with E-state index in [1.807, 2.05) is 0 Å². The van der Waals surface area contributed by atoms with Gasteiger partial charge in [0.15, 0.2) is 0 Å². The number of hydrogen-bond donors (Lipinski definition) is 2. The first-order valence-electron chi connectivity index (χ1n) is 5.72. The molecular formula is C13H12F3NO4. The number of benzene rings is 1. The molecule has 114 valence electrons. The summed E-state index contributed by atoms with van der Waals surface area (Å²) in [5.74, 6) is -1.86. The first-order valence-corrected chi connectivity index (χ1v) is 5.72. The number of nitrogens with one attached hydrogen (secondary N) is 1. The number of anilines is 1. The van der Waals surface area contributed by atoms with Gasteiger partial charge in [-0.2, -0.15) is 13.2 Å². The number of rotatable bonds is 6. The molecule has 0 radical (unpaired) electrons. The van der Waals surface area contributed by atoms with Crippen molar-refractivity contribution in [3.05, 3.63) is 35.9 Å². The summed E-state index contributed by atoms with van der Waals surface area (Å²) in [7, 11) is 0. The molecule has 0 saturated carbocycles. The molecule has 0 fully saturated rings. The summed E-state index contributed by atoms with van der Waals surface area (Å²) in [5, 5.41) is 10.8. The molecule has 1 amide bonds. The quantitative estimate of drug-likeness (QED) is 0.791. The maximum atomic E-state index is 11.8. The SMILES string of the molecule is O=C(O)/C=C/c1cccc(NC(=O)COCC(F)(F)F)c1. The number of aliphatic carboxylic acids is 1. The lowest BCUT2D eigenvalue weighted by atomic mass is 10.2. The van der Waals surface area contributed by atoms with Crippen LogP contribution in [0.25, 0.3) is 6.08 Å². The predicted octanol–water partition coefficient (Wildman–Crippen LogP) is 2.30. The van der Waals surface area contributed by atoms with Crippen LogP contribution in [0.15, 0.2) is 30.3 Å². The summed E-state index contributed by atoms with van der Waals surface area (Å²) in [6.07, 6.45) is -2.24. The molecule has 0 aliphatic rings. The molecule has 5 nitrogen and oxygen atoms in total. The number of carbonyl (C=O) groups is 2. The third-order valence-electron chi connectivity index (χ3n) is 2.09. The zero-order chi connectivity index (χ0) is 15.9. The van der Waals surface area contributed by atoms with E-state index in [1.54, 1.807) is 12.1 Å². The van der Waals surface area contributed by atoms with Gasteiger partial charge in [-0.15, -0.1) is 0 Å². The highest BCUT2D eigenvalue weighted by molar-refractivity contribution is 5.92. The Labute approximate surface area is 118 Å². The summed E-state index contributed by atoms with van der Waals surface area (Å²) >= 11 is 0. The fourth-order valence-electron chi connectivity index (χ4n) is 1.34. The van der Waals surface area contributed by atoms with Crippen LogP contribution in [0.4, 0.5) is 18.9 Å². The number of hydrogen-bond acceptors (Lipinski definition) is 3. The largest absolute Gasteiger partial charge is 0.478 e. The van der Waals surface area contributed by atoms with Gasteiger partial charge < -0.3 is 15.2 Å². The van der Waals surface area contributed by atoms with Gasteiger partial charge in [-0.3, -0.25) is 4.79 Å². The minimum atomic E-state index is -4.48. The van der Waals surface area contributed by atoms with Crippen molar-refractivity contribution in [2.24, 2.45) is 0 Å². The average Bonchev–Trinajstić information content (AvgIpc) is 2.35. The van der Waals surface area contributed by atoms with Crippen molar-refractivity contribution in [1.82, 2.24) is 0 Å². The molecule has 8 heteroatoms. The van der Waals surface area contributed by atoms with E-state index >= 15 is 0 Å². The molecule has 0 aliphatic heterocycles. The van der Waals surface area contributed by atoms with Crippen LogP contribution in [-0.2, 0) is 14.3 Å². The number of alkyl halides is 3. The fourth-order valence-corrected chi connectivity index (χ4v) is 1.34. The monoisotopic (exact) mass is 303 g/mol. The summed E-state index contributed by atoms with van der Waals surface area (Å²) in [4.78, 5) is 21.7. The van der Waals surface area contributed by atoms with Crippen molar-refractivity contribution < 1.29 is 32.6 Å². The predicted molar refractivity (Wildman–Crippen MR) is 68.6 cm³/mol. The van der Waals surface area contributed by atoms with Crippen LogP contribution in [0.3, 0.4) is 0 Å². The second-order valence-electron chi connectivity index (χ2n) is 3.95. The van der Waals surface area contributed by atoms with Crippen molar-refractivity contribution in [2.75, 3.05) is 18.5 Å². The van der Waals surface area contributed by atoms with E-state index in [-0.39, 0.29) is 0 Å². The van der Waals surface area contributed by atoms with Crippen molar-refractivity contribution in [1.29, 1.82) is 0 Å². The third kappa shape index (κ3) is 7.73. The Morgan fingerprint density at radius 3 is 2.67 bits per heavy atom. The van der Waals surface area contributed by atoms with Gasteiger partial charge >= 0.3 is 12.1 Å². The van der Waals surface area contributed by atoms with E-state index in [0.717, 1.165) is 6.08 Å². The molecule has 0 bridgehead atoms. The molecular weight excluding hydrogens is 291 g/mol. The van der Waals surface area contributed by atoms with Crippen LogP contribution >= 0.6 is 0 Å². The first-order chi connectivity index (χ1) is 9.76. The molecule has 0 heterocycles. The second-order valence-corrected chi connectivity index (χ2v) is 3.95. The van der Waals surface area contributed by atoms with Crippen LogP contribution in [-0.4, -0.2) is 36.4 Å². The number of carbonyl (C=O) groups excluding carboxylic acids is 1. The van der Waals surface area contributed by atoms with Gasteiger partial charge in [0.1, 0.15) is 13.2 Å². The molecule has 0 aliphatic carbocycles. The Kier molecular flexibility index (Phi) is 5.92. The van der Waals surface area contributed by atoms with Crippen LogP contribution in [0.2, 0.25) is 0 Å². The Hall–Kier alpha value is -2.35. The minimum Gasteiger partial charge on any atom is -0.478 e. The molecule has 21 heavy (non-hydrogen) atoms. The van der Waals surface area contributed by atoms with Gasteiger partial charge in [-0.05, 0) is 23.8 Å².